The molecule has 0 aliphatic heterocycles. The third kappa shape index (κ3) is 1.21. The van der Waals surface area contributed by atoms with Crippen molar-refractivity contribution in [1.82, 2.24) is 0 Å². The molecule has 2 unspecified atom stereocenters. The summed E-state index contributed by atoms with van der Waals surface area (Å²) in [6.07, 6.45) is 4.28. The molecule has 0 bridgehead atoms. The largest absolute Gasteiger partial charge is 0.0651 e. The summed E-state index contributed by atoms with van der Waals surface area (Å²) in [5, 5.41) is 0. The van der Waals surface area contributed by atoms with E-state index in [-0.39, 0.29) is 0 Å². The van der Waals surface area contributed by atoms with Crippen LogP contribution in [0.1, 0.15) is 47.0 Å². The molecule has 2 atom stereocenters. The molecule has 0 aromatic carbocycles. The third-order valence-corrected chi connectivity index (χ3v) is 3.62. The molecule has 0 radical (unpaired) electrons. The lowest BCUT2D eigenvalue weighted by Crippen LogP contribution is -2.18. The lowest BCUT2D eigenvalue weighted by molar-refractivity contribution is 0.236. The summed E-state index contributed by atoms with van der Waals surface area (Å²) in [4.78, 5) is 0. The van der Waals surface area contributed by atoms with Crippen LogP contribution in [0, 0.1) is 17.3 Å². The molecule has 1 fully saturated rings. The molecule has 0 aromatic heterocycles. The minimum absolute atomic E-state index is 0.626. The number of rotatable bonds is 1. The zero-order valence-electron chi connectivity index (χ0n) is 7.78. The van der Waals surface area contributed by atoms with Crippen molar-refractivity contribution in [2.45, 2.75) is 47.0 Å². The maximum Gasteiger partial charge on any atom is -0.0326 e. The quantitative estimate of drug-likeness (QED) is 0.523. The van der Waals surface area contributed by atoms with Gasteiger partial charge in [0.25, 0.3) is 0 Å². The molecule has 0 N–H and O–H groups in total. The summed E-state index contributed by atoms with van der Waals surface area (Å²) >= 11 is 0. The molecule has 0 spiro atoms. The first-order valence-electron chi connectivity index (χ1n) is 4.58. The Kier molecular flexibility index (Phi) is 2.07. The minimum atomic E-state index is 0.626. The van der Waals surface area contributed by atoms with E-state index < -0.39 is 0 Å². The first kappa shape index (κ1) is 8.10. The first-order valence-corrected chi connectivity index (χ1v) is 4.58. The van der Waals surface area contributed by atoms with E-state index in [0.29, 0.717) is 5.41 Å². The SMILES string of the molecule is CCC1CCC(C)(C)C1C. The van der Waals surface area contributed by atoms with Crippen molar-refractivity contribution < 1.29 is 0 Å². The lowest BCUT2D eigenvalue weighted by Gasteiger charge is -2.26. The van der Waals surface area contributed by atoms with Gasteiger partial charge in [0.2, 0.25) is 0 Å². The van der Waals surface area contributed by atoms with Gasteiger partial charge in [0, 0.05) is 0 Å². The predicted molar refractivity (Wildman–Crippen MR) is 46.0 cm³/mol. The highest BCUT2D eigenvalue weighted by Crippen LogP contribution is 2.47. The molecule has 1 rings (SSSR count). The molecule has 1 saturated carbocycles. The maximum atomic E-state index is 2.42. The highest BCUT2D eigenvalue weighted by molar-refractivity contribution is 4.87. The van der Waals surface area contributed by atoms with E-state index in [9.17, 15) is 0 Å². The van der Waals surface area contributed by atoms with Crippen molar-refractivity contribution in [2.24, 2.45) is 17.3 Å². The van der Waals surface area contributed by atoms with E-state index in [2.05, 4.69) is 27.7 Å². The van der Waals surface area contributed by atoms with Gasteiger partial charge in [-0.15, -0.1) is 0 Å². The van der Waals surface area contributed by atoms with Gasteiger partial charge in [-0.3, -0.25) is 0 Å². The fourth-order valence-electron chi connectivity index (χ4n) is 2.23. The van der Waals surface area contributed by atoms with Gasteiger partial charge in [-0.2, -0.15) is 0 Å². The van der Waals surface area contributed by atoms with E-state index in [1.807, 2.05) is 0 Å². The molecular weight excluding hydrogens is 120 g/mol. The van der Waals surface area contributed by atoms with Crippen LogP contribution >= 0.6 is 0 Å². The van der Waals surface area contributed by atoms with E-state index in [0.717, 1.165) is 11.8 Å². The standard InChI is InChI=1S/C10H20/c1-5-9-6-7-10(3,4)8(9)2/h8-9H,5-7H2,1-4H3. The van der Waals surface area contributed by atoms with Crippen LogP contribution in [0.25, 0.3) is 0 Å². The van der Waals surface area contributed by atoms with E-state index in [4.69, 9.17) is 0 Å². The highest BCUT2D eigenvalue weighted by atomic mass is 14.4. The Bertz CT molecular complexity index is 113. The molecule has 0 nitrogen and oxygen atoms in total. The van der Waals surface area contributed by atoms with Gasteiger partial charge in [-0.25, -0.2) is 0 Å². The monoisotopic (exact) mass is 140 g/mol. The first-order chi connectivity index (χ1) is 4.58. The van der Waals surface area contributed by atoms with Gasteiger partial charge in [-0.05, 0) is 30.1 Å². The van der Waals surface area contributed by atoms with E-state index >= 15 is 0 Å². The van der Waals surface area contributed by atoms with Crippen LogP contribution < -0.4 is 0 Å². The zero-order valence-corrected chi connectivity index (χ0v) is 7.78. The second kappa shape index (κ2) is 2.56. The van der Waals surface area contributed by atoms with Crippen molar-refractivity contribution in [1.29, 1.82) is 0 Å². The summed E-state index contributed by atoms with van der Waals surface area (Å²) < 4.78 is 0. The van der Waals surface area contributed by atoms with Crippen LogP contribution in [-0.2, 0) is 0 Å². The van der Waals surface area contributed by atoms with Crippen molar-refractivity contribution in [3.63, 3.8) is 0 Å². The number of hydrogen-bond donors (Lipinski definition) is 0. The summed E-state index contributed by atoms with van der Waals surface area (Å²) in [7, 11) is 0. The van der Waals surface area contributed by atoms with Crippen molar-refractivity contribution in [3.8, 4) is 0 Å². The van der Waals surface area contributed by atoms with Crippen LogP contribution in [0.15, 0.2) is 0 Å². The van der Waals surface area contributed by atoms with Crippen LogP contribution in [0.4, 0.5) is 0 Å². The Labute approximate surface area is 65.0 Å². The Morgan fingerprint density at radius 2 is 2.00 bits per heavy atom. The van der Waals surface area contributed by atoms with Crippen LogP contribution in [0.5, 0.6) is 0 Å². The Hall–Kier alpha value is 0. The molecule has 0 heteroatoms. The summed E-state index contributed by atoms with van der Waals surface area (Å²) in [5.74, 6) is 1.95. The fourth-order valence-corrected chi connectivity index (χ4v) is 2.23. The average Bonchev–Trinajstić information content (AvgIpc) is 2.10. The van der Waals surface area contributed by atoms with Gasteiger partial charge < -0.3 is 0 Å². The molecule has 0 saturated heterocycles. The minimum Gasteiger partial charge on any atom is -0.0651 e. The smallest absolute Gasteiger partial charge is 0.0326 e. The van der Waals surface area contributed by atoms with E-state index in [1.165, 1.54) is 19.3 Å². The third-order valence-electron chi connectivity index (χ3n) is 3.62. The molecule has 0 heterocycles. The second-order valence-electron chi connectivity index (χ2n) is 4.48. The second-order valence-corrected chi connectivity index (χ2v) is 4.48. The summed E-state index contributed by atoms with van der Waals surface area (Å²) in [5.41, 5.74) is 0.626. The Morgan fingerprint density at radius 3 is 2.20 bits per heavy atom. The lowest BCUT2D eigenvalue weighted by atomic mass is 9.79. The van der Waals surface area contributed by atoms with Crippen LogP contribution in [0.2, 0.25) is 0 Å². The van der Waals surface area contributed by atoms with Gasteiger partial charge in [-0.1, -0.05) is 34.1 Å². The van der Waals surface area contributed by atoms with Gasteiger partial charge >= 0.3 is 0 Å². The zero-order chi connectivity index (χ0) is 7.78. The van der Waals surface area contributed by atoms with Gasteiger partial charge in [0.05, 0.1) is 0 Å². The van der Waals surface area contributed by atoms with Crippen molar-refractivity contribution in [2.75, 3.05) is 0 Å². The molecule has 0 amide bonds. The molecule has 60 valence electrons. The Morgan fingerprint density at radius 1 is 1.40 bits per heavy atom. The van der Waals surface area contributed by atoms with Gasteiger partial charge in [0.1, 0.15) is 0 Å². The highest BCUT2D eigenvalue weighted by Gasteiger charge is 2.37. The topological polar surface area (TPSA) is 0 Å². The Balaban J connectivity index is 2.58. The molecule has 1 aliphatic carbocycles. The predicted octanol–water partition coefficient (Wildman–Crippen LogP) is 3.47. The van der Waals surface area contributed by atoms with Crippen molar-refractivity contribution >= 4 is 0 Å². The maximum absolute atomic E-state index is 2.42. The molecule has 1 aliphatic rings. The average molecular weight is 140 g/mol. The van der Waals surface area contributed by atoms with Crippen LogP contribution in [-0.4, -0.2) is 0 Å². The van der Waals surface area contributed by atoms with Crippen LogP contribution in [0.3, 0.4) is 0 Å². The van der Waals surface area contributed by atoms with Gasteiger partial charge in [0.15, 0.2) is 0 Å². The summed E-state index contributed by atoms with van der Waals surface area (Å²) in [6.45, 7) is 9.56. The number of hydrogen-bond acceptors (Lipinski definition) is 0. The van der Waals surface area contributed by atoms with Crippen molar-refractivity contribution in [3.05, 3.63) is 0 Å². The van der Waals surface area contributed by atoms with E-state index in [1.54, 1.807) is 0 Å². The molecule has 0 aromatic rings. The molecule has 10 heavy (non-hydrogen) atoms. The normalized spacial score (nSPS) is 38.4. The summed E-state index contributed by atoms with van der Waals surface area (Å²) in [6, 6.07) is 0. The molecular formula is C10H20. The fraction of sp³-hybridized carbons (Fsp3) is 1.00.